The summed E-state index contributed by atoms with van der Waals surface area (Å²) in [5.41, 5.74) is 0. The normalized spacial score (nSPS) is 7.10. The Bertz CT molecular complexity index is 61.9. The Balaban J connectivity index is -0.0000000315. The Morgan fingerprint density at radius 2 is 0.900 bits per heavy atom. The van der Waals surface area contributed by atoms with Crippen molar-refractivity contribution < 1.29 is 28.6 Å². The molecule has 0 amide bonds. The number of hydrogen-bond donors (Lipinski definition) is 5. The van der Waals surface area contributed by atoms with E-state index in [2.05, 4.69) is 23.7 Å². The summed E-state index contributed by atoms with van der Waals surface area (Å²) in [5, 5.41) is 0. The van der Waals surface area contributed by atoms with Crippen LogP contribution in [0.1, 0.15) is 0 Å². The van der Waals surface area contributed by atoms with Gasteiger partial charge in [-0.25, -0.2) is 4.57 Å². The predicted octanol–water partition coefficient (Wildman–Crippen LogP) is -1.58. The summed E-state index contributed by atoms with van der Waals surface area (Å²) in [4.78, 5) is 21.6. The summed E-state index contributed by atoms with van der Waals surface area (Å²) in [6.45, 7) is 0. The van der Waals surface area contributed by atoms with Crippen molar-refractivity contribution in [2.45, 2.75) is 0 Å². The van der Waals surface area contributed by atoms with E-state index in [1.165, 1.54) is 0 Å². The molecule has 10 heteroatoms. The Hall–Kier alpha value is 1.38. The van der Waals surface area contributed by atoms with Gasteiger partial charge in [0.2, 0.25) is 0 Å². The summed E-state index contributed by atoms with van der Waals surface area (Å²) in [6, 6.07) is 0. The van der Waals surface area contributed by atoms with E-state index in [1.807, 2.05) is 0 Å². The van der Waals surface area contributed by atoms with Crippen molar-refractivity contribution in [1.82, 2.24) is 0 Å². The second-order valence-electron chi connectivity index (χ2n) is 0.513. The molecule has 0 saturated heterocycles. The van der Waals surface area contributed by atoms with Gasteiger partial charge >= 0.3 is 30.9 Å². The van der Waals surface area contributed by atoms with Crippen molar-refractivity contribution in [3.63, 3.8) is 0 Å². The van der Waals surface area contributed by atoms with Gasteiger partial charge in [0.25, 0.3) is 0 Å². The van der Waals surface area contributed by atoms with E-state index in [1.54, 1.807) is 0 Å². The molecule has 0 fully saturated rings. The zero-order valence-electron chi connectivity index (χ0n) is 3.85. The van der Waals surface area contributed by atoms with Crippen LogP contribution in [0.2, 0.25) is 0 Å². The lowest BCUT2D eigenvalue weighted by atomic mass is 15.8. The fourth-order valence-electron chi connectivity index (χ4n) is 0. The fourth-order valence-corrected chi connectivity index (χ4v) is 0. The van der Waals surface area contributed by atoms with E-state index < -0.39 is 7.82 Å². The second kappa shape index (κ2) is 16.8. The SMILES string of the molecule is O=P(O)(O)O.OCl.OCl.[MgH2]. The minimum Gasteiger partial charge on any atom is -0.303 e. The van der Waals surface area contributed by atoms with Gasteiger partial charge in [-0.05, 0) is 0 Å². The van der Waals surface area contributed by atoms with Crippen LogP contribution in [0.3, 0.4) is 0 Å². The lowest BCUT2D eigenvalue weighted by molar-refractivity contribution is 0.275. The van der Waals surface area contributed by atoms with Crippen molar-refractivity contribution >= 4 is 54.6 Å². The van der Waals surface area contributed by atoms with Gasteiger partial charge < -0.3 is 14.7 Å². The molecule has 0 bridgehead atoms. The highest BCUT2D eigenvalue weighted by Gasteiger charge is 2.00. The van der Waals surface area contributed by atoms with Crippen LogP contribution < -0.4 is 0 Å². The third-order valence-electron chi connectivity index (χ3n) is 0. The molecule has 0 atom stereocenters. The predicted molar refractivity (Wildman–Crippen MR) is 39.0 cm³/mol. The maximum Gasteiger partial charge on any atom is 0.466 e. The molecule has 0 aliphatic heterocycles. The first-order valence-corrected chi connectivity index (χ1v) is 3.36. The molecular weight excluding hydrogens is 222 g/mol. The largest absolute Gasteiger partial charge is 0.466 e. The van der Waals surface area contributed by atoms with Gasteiger partial charge in [-0.15, -0.1) is 0 Å². The Kier molecular flexibility index (Phi) is 37.7. The van der Waals surface area contributed by atoms with E-state index in [-0.39, 0.29) is 23.1 Å². The quantitative estimate of drug-likeness (QED) is 0.253. The molecule has 10 heavy (non-hydrogen) atoms. The summed E-state index contributed by atoms with van der Waals surface area (Å²) in [6.07, 6.45) is 0. The number of halogens is 2. The molecule has 5 N–H and O–H groups in total. The zero-order chi connectivity index (χ0) is 8.50. The summed E-state index contributed by atoms with van der Waals surface area (Å²) in [7, 11) is -4.64. The molecule has 0 aromatic carbocycles. The van der Waals surface area contributed by atoms with Gasteiger partial charge in [0.05, 0.1) is 23.7 Å². The summed E-state index contributed by atoms with van der Waals surface area (Å²) >= 11 is 7.28. The van der Waals surface area contributed by atoms with E-state index in [9.17, 15) is 0 Å². The lowest BCUT2D eigenvalue weighted by Crippen LogP contribution is -1.66. The van der Waals surface area contributed by atoms with Crippen LogP contribution in [0.15, 0.2) is 0 Å². The van der Waals surface area contributed by atoms with Crippen molar-refractivity contribution in [2.24, 2.45) is 0 Å². The van der Waals surface area contributed by atoms with Gasteiger partial charge in [-0.1, -0.05) is 0 Å². The van der Waals surface area contributed by atoms with E-state index in [4.69, 9.17) is 28.6 Å². The summed E-state index contributed by atoms with van der Waals surface area (Å²) < 4.78 is 21.8. The monoisotopic (exact) mass is 228 g/mol. The van der Waals surface area contributed by atoms with Crippen molar-refractivity contribution in [2.75, 3.05) is 0 Å². The first kappa shape index (κ1) is 22.5. The van der Waals surface area contributed by atoms with Gasteiger partial charge in [0.1, 0.15) is 0 Å². The maximum atomic E-state index is 8.88. The average Bonchev–Trinajstić information content (AvgIpc) is 1.72. The van der Waals surface area contributed by atoms with Gasteiger partial charge in [-0.3, -0.25) is 9.32 Å². The van der Waals surface area contributed by atoms with E-state index in [0.29, 0.717) is 0 Å². The molecule has 0 aliphatic carbocycles. The van der Waals surface area contributed by atoms with Crippen LogP contribution in [-0.4, -0.2) is 47.1 Å². The molecule has 64 valence electrons. The highest BCUT2D eigenvalue weighted by atomic mass is 35.5. The van der Waals surface area contributed by atoms with Crippen LogP contribution in [-0.2, 0) is 4.57 Å². The van der Waals surface area contributed by atoms with Crippen LogP contribution in [0.5, 0.6) is 0 Å². The van der Waals surface area contributed by atoms with Gasteiger partial charge in [0.15, 0.2) is 0 Å². The van der Waals surface area contributed by atoms with E-state index in [0.717, 1.165) is 0 Å². The first-order valence-electron chi connectivity index (χ1n) is 1.12. The zero-order valence-corrected chi connectivity index (χ0v) is 6.25. The van der Waals surface area contributed by atoms with E-state index >= 15 is 0 Å². The molecule has 0 unspecified atom stereocenters. The lowest BCUT2D eigenvalue weighted by Gasteiger charge is -1.82. The second-order valence-corrected chi connectivity index (χ2v) is 1.54. The summed E-state index contributed by atoms with van der Waals surface area (Å²) in [5.74, 6) is 0. The number of rotatable bonds is 0. The molecule has 0 radical (unpaired) electrons. The van der Waals surface area contributed by atoms with Crippen LogP contribution in [0.4, 0.5) is 0 Å². The van der Waals surface area contributed by atoms with Crippen LogP contribution in [0.25, 0.3) is 0 Å². The van der Waals surface area contributed by atoms with Gasteiger partial charge in [0, 0.05) is 0 Å². The molecule has 0 rings (SSSR count). The van der Waals surface area contributed by atoms with Gasteiger partial charge in [-0.2, -0.15) is 0 Å². The molecule has 0 heterocycles. The Morgan fingerprint density at radius 1 is 0.900 bits per heavy atom. The maximum absolute atomic E-state index is 8.88. The molecule has 6 nitrogen and oxygen atoms in total. The molecule has 0 aromatic heterocycles. The minimum absolute atomic E-state index is 0. The highest BCUT2D eigenvalue weighted by Crippen LogP contribution is 2.25. The smallest absolute Gasteiger partial charge is 0.303 e. The van der Waals surface area contributed by atoms with Crippen molar-refractivity contribution in [3.8, 4) is 0 Å². The first-order chi connectivity index (χ1) is 4.00. The highest BCUT2D eigenvalue weighted by molar-refractivity contribution is 7.45. The topological polar surface area (TPSA) is 118 Å². The standard InChI is InChI=1S/2ClHO.Mg.H3O4P.2H/c2*1-2;;1-5(2,3)4;;/h2*2H;;(H3,1,2,3,4);;. The average molecular weight is 229 g/mol. The number of phosphoric acid groups is 1. The van der Waals surface area contributed by atoms with Crippen LogP contribution >= 0.6 is 31.6 Å². The third-order valence-corrected chi connectivity index (χ3v) is 0. The number of hydrogen-bond acceptors (Lipinski definition) is 3. The van der Waals surface area contributed by atoms with Crippen molar-refractivity contribution in [3.05, 3.63) is 0 Å². The Morgan fingerprint density at radius 3 is 0.900 bits per heavy atom. The third kappa shape index (κ3) is 347. The fraction of sp³-hybridized carbons (Fsp3) is 0. The molecular formula is H7Cl2MgO6P. The molecule has 0 aromatic rings. The minimum atomic E-state index is -4.64. The van der Waals surface area contributed by atoms with Crippen LogP contribution in [0, 0.1) is 0 Å². The Labute approximate surface area is 83.1 Å². The molecule has 0 spiro atoms. The molecule has 0 saturated carbocycles. The van der Waals surface area contributed by atoms with Crippen molar-refractivity contribution in [1.29, 1.82) is 0 Å². The molecule has 0 aliphatic rings.